The second-order valence-electron chi connectivity index (χ2n) is 2.88. The van der Waals surface area contributed by atoms with Gasteiger partial charge in [0.1, 0.15) is 6.73 Å². The second kappa shape index (κ2) is 3.40. The summed E-state index contributed by atoms with van der Waals surface area (Å²) in [4.78, 5) is 0. The lowest BCUT2D eigenvalue weighted by Gasteiger charge is -2.04. The minimum Gasteiger partial charge on any atom is -0.364 e. The highest BCUT2D eigenvalue weighted by atomic mass is 35.5. The zero-order chi connectivity index (χ0) is 9.26. The molecule has 0 aliphatic heterocycles. The molecule has 0 saturated heterocycles. The Morgan fingerprint density at radius 1 is 1.38 bits per heavy atom. The zero-order valence-electron chi connectivity index (χ0n) is 7.33. The Morgan fingerprint density at radius 2 is 2.23 bits per heavy atom. The summed E-state index contributed by atoms with van der Waals surface area (Å²) in [5.41, 5.74) is 1.03. The van der Waals surface area contributed by atoms with E-state index in [0.29, 0.717) is 6.73 Å². The molecule has 3 heteroatoms. The van der Waals surface area contributed by atoms with Crippen LogP contribution in [0.5, 0.6) is 0 Å². The maximum Gasteiger partial charge on any atom is 0.122 e. The number of rotatable bonds is 2. The van der Waals surface area contributed by atoms with Gasteiger partial charge >= 0.3 is 0 Å². The van der Waals surface area contributed by atoms with E-state index in [9.17, 15) is 0 Å². The molecular formula is C10H10ClNO. The van der Waals surface area contributed by atoms with Gasteiger partial charge in [-0.3, -0.25) is 0 Å². The van der Waals surface area contributed by atoms with Crippen molar-refractivity contribution in [2.75, 3.05) is 7.11 Å². The third kappa shape index (κ3) is 1.43. The van der Waals surface area contributed by atoms with Crippen molar-refractivity contribution >= 4 is 22.5 Å². The molecule has 68 valence electrons. The number of aromatic nitrogens is 1. The van der Waals surface area contributed by atoms with Crippen LogP contribution >= 0.6 is 11.6 Å². The Morgan fingerprint density at radius 3 is 3.00 bits per heavy atom. The molecule has 0 atom stereocenters. The molecule has 13 heavy (non-hydrogen) atoms. The number of nitrogens with zero attached hydrogens (tertiary/aromatic N) is 1. The van der Waals surface area contributed by atoms with Crippen LogP contribution in [0.25, 0.3) is 10.9 Å². The van der Waals surface area contributed by atoms with Crippen LogP contribution in [0.3, 0.4) is 0 Å². The van der Waals surface area contributed by atoms with E-state index in [2.05, 4.69) is 0 Å². The highest BCUT2D eigenvalue weighted by Gasteiger charge is 2.03. The fourth-order valence-electron chi connectivity index (χ4n) is 1.46. The Hall–Kier alpha value is -0.990. The van der Waals surface area contributed by atoms with E-state index in [-0.39, 0.29) is 0 Å². The standard InChI is InChI=1S/C10H10ClNO/c1-13-7-12-6-5-8-3-2-4-9(11)10(8)12/h2-6H,7H2,1H3. The number of halogens is 1. The minimum atomic E-state index is 0.535. The van der Waals surface area contributed by atoms with Gasteiger partial charge in [0.2, 0.25) is 0 Å². The third-order valence-electron chi connectivity index (χ3n) is 2.01. The normalized spacial score (nSPS) is 10.9. The molecule has 0 amide bonds. The van der Waals surface area contributed by atoms with Crippen molar-refractivity contribution in [1.29, 1.82) is 0 Å². The van der Waals surface area contributed by atoms with E-state index < -0.39 is 0 Å². The van der Waals surface area contributed by atoms with Crippen molar-refractivity contribution in [2.45, 2.75) is 6.73 Å². The van der Waals surface area contributed by atoms with Crippen LogP contribution in [0.15, 0.2) is 30.5 Å². The molecule has 0 aliphatic carbocycles. The Kier molecular flexibility index (Phi) is 2.25. The SMILES string of the molecule is COCn1ccc2cccc(Cl)c21. The monoisotopic (exact) mass is 195 g/mol. The molecule has 0 saturated carbocycles. The third-order valence-corrected chi connectivity index (χ3v) is 2.31. The van der Waals surface area contributed by atoms with Crippen LogP contribution in [-0.2, 0) is 11.5 Å². The van der Waals surface area contributed by atoms with Gasteiger partial charge in [0.05, 0.1) is 10.5 Å². The van der Waals surface area contributed by atoms with Crippen LogP contribution in [-0.4, -0.2) is 11.7 Å². The van der Waals surface area contributed by atoms with Crippen LogP contribution in [0.1, 0.15) is 0 Å². The number of benzene rings is 1. The summed E-state index contributed by atoms with van der Waals surface area (Å²) in [6, 6.07) is 7.89. The molecule has 2 rings (SSSR count). The molecule has 0 fully saturated rings. The Bertz CT molecular complexity index is 422. The number of ether oxygens (including phenoxy) is 1. The molecule has 2 nitrogen and oxygen atoms in total. The number of methoxy groups -OCH3 is 1. The summed E-state index contributed by atoms with van der Waals surface area (Å²) in [6.45, 7) is 0.535. The predicted octanol–water partition coefficient (Wildman–Crippen LogP) is 2.90. The molecule has 0 unspecified atom stereocenters. The molecular weight excluding hydrogens is 186 g/mol. The summed E-state index contributed by atoms with van der Waals surface area (Å²) in [5, 5.41) is 1.91. The van der Waals surface area contributed by atoms with Gasteiger partial charge < -0.3 is 9.30 Å². The summed E-state index contributed by atoms with van der Waals surface area (Å²) in [6.07, 6.45) is 1.97. The van der Waals surface area contributed by atoms with Crippen molar-refractivity contribution < 1.29 is 4.74 Å². The van der Waals surface area contributed by atoms with Gasteiger partial charge in [-0.2, -0.15) is 0 Å². The smallest absolute Gasteiger partial charge is 0.122 e. The van der Waals surface area contributed by atoms with Gasteiger partial charge in [-0.05, 0) is 12.1 Å². The summed E-state index contributed by atoms with van der Waals surface area (Å²) in [7, 11) is 1.67. The van der Waals surface area contributed by atoms with Crippen LogP contribution in [0.2, 0.25) is 5.02 Å². The highest BCUT2D eigenvalue weighted by molar-refractivity contribution is 6.35. The van der Waals surface area contributed by atoms with Gasteiger partial charge in [-0.25, -0.2) is 0 Å². The number of para-hydroxylation sites is 1. The van der Waals surface area contributed by atoms with Crippen molar-refractivity contribution in [3.63, 3.8) is 0 Å². The summed E-state index contributed by atoms with van der Waals surface area (Å²) >= 11 is 6.06. The van der Waals surface area contributed by atoms with Gasteiger partial charge in [-0.15, -0.1) is 0 Å². The van der Waals surface area contributed by atoms with Crippen molar-refractivity contribution in [3.05, 3.63) is 35.5 Å². The average Bonchev–Trinajstić information content (AvgIpc) is 2.51. The van der Waals surface area contributed by atoms with Crippen molar-refractivity contribution in [3.8, 4) is 0 Å². The van der Waals surface area contributed by atoms with Crippen molar-refractivity contribution in [2.24, 2.45) is 0 Å². The minimum absolute atomic E-state index is 0.535. The predicted molar refractivity (Wildman–Crippen MR) is 54.0 cm³/mol. The van der Waals surface area contributed by atoms with Gasteiger partial charge in [0, 0.05) is 18.7 Å². The number of fused-ring (bicyclic) bond motifs is 1. The summed E-state index contributed by atoms with van der Waals surface area (Å²) < 4.78 is 7.04. The summed E-state index contributed by atoms with van der Waals surface area (Å²) in [5.74, 6) is 0. The maximum atomic E-state index is 6.06. The lowest BCUT2D eigenvalue weighted by Crippen LogP contribution is -1.97. The van der Waals surface area contributed by atoms with Gasteiger partial charge in [-0.1, -0.05) is 23.7 Å². The molecule has 1 aromatic heterocycles. The van der Waals surface area contributed by atoms with E-state index in [0.717, 1.165) is 15.9 Å². The molecule has 0 aliphatic rings. The first kappa shape index (κ1) is 8.60. The Labute approximate surface area is 81.7 Å². The quantitative estimate of drug-likeness (QED) is 0.719. The first-order chi connectivity index (χ1) is 6.33. The molecule has 0 radical (unpaired) electrons. The molecule has 0 N–H and O–H groups in total. The van der Waals surface area contributed by atoms with Crippen LogP contribution < -0.4 is 0 Å². The fraction of sp³-hybridized carbons (Fsp3) is 0.200. The van der Waals surface area contributed by atoms with E-state index in [1.807, 2.05) is 35.0 Å². The molecule has 1 aromatic carbocycles. The average molecular weight is 196 g/mol. The van der Waals surface area contributed by atoms with Crippen LogP contribution in [0.4, 0.5) is 0 Å². The molecule has 1 heterocycles. The van der Waals surface area contributed by atoms with E-state index in [4.69, 9.17) is 16.3 Å². The molecule has 2 aromatic rings. The van der Waals surface area contributed by atoms with Gasteiger partial charge in [0.15, 0.2) is 0 Å². The van der Waals surface area contributed by atoms with Crippen LogP contribution in [0, 0.1) is 0 Å². The maximum absolute atomic E-state index is 6.06. The largest absolute Gasteiger partial charge is 0.364 e. The fourth-order valence-corrected chi connectivity index (χ4v) is 1.75. The first-order valence-corrected chi connectivity index (χ1v) is 4.43. The molecule has 0 bridgehead atoms. The lowest BCUT2D eigenvalue weighted by molar-refractivity contribution is 0.135. The first-order valence-electron chi connectivity index (χ1n) is 4.05. The second-order valence-corrected chi connectivity index (χ2v) is 3.29. The topological polar surface area (TPSA) is 14.2 Å². The number of hydrogen-bond donors (Lipinski definition) is 0. The Balaban J connectivity index is 2.64. The van der Waals surface area contributed by atoms with E-state index in [1.165, 1.54) is 0 Å². The highest BCUT2D eigenvalue weighted by Crippen LogP contribution is 2.24. The lowest BCUT2D eigenvalue weighted by atomic mass is 10.2. The van der Waals surface area contributed by atoms with Crippen molar-refractivity contribution in [1.82, 2.24) is 4.57 Å². The number of hydrogen-bond acceptors (Lipinski definition) is 1. The van der Waals surface area contributed by atoms with E-state index >= 15 is 0 Å². The van der Waals surface area contributed by atoms with E-state index in [1.54, 1.807) is 7.11 Å². The zero-order valence-corrected chi connectivity index (χ0v) is 8.08. The molecule has 0 spiro atoms. The van der Waals surface area contributed by atoms with Gasteiger partial charge in [0.25, 0.3) is 0 Å².